The van der Waals surface area contributed by atoms with E-state index in [0.29, 0.717) is 11.3 Å². The van der Waals surface area contributed by atoms with Crippen molar-refractivity contribution in [1.82, 2.24) is 0 Å². The Kier molecular flexibility index (Phi) is 3.84. The molecule has 0 radical (unpaired) electrons. The molecule has 8 heteroatoms. The Hall–Kier alpha value is -2.22. The summed E-state index contributed by atoms with van der Waals surface area (Å²) in [5.41, 5.74) is 0.891. The third kappa shape index (κ3) is 2.85. The molecule has 20 heavy (non-hydrogen) atoms. The van der Waals surface area contributed by atoms with Crippen molar-refractivity contribution in [2.45, 2.75) is 6.92 Å². The number of amides is 1. The van der Waals surface area contributed by atoms with Gasteiger partial charge < -0.3 is 9.73 Å². The van der Waals surface area contributed by atoms with E-state index in [9.17, 15) is 19.3 Å². The Morgan fingerprint density at radius 2 is 2.15 bits per heavy atom. The average Bonchev–Trinajstić information content (AvgIpc) is 2.85. The highest BCUT2D eigenvalue weighted by atomic mass is 79.9. The van der Waals surface area contributed by atoms with E-state index in [-0.39, 0.29) is 10.2 Å². The van der Waals surface area contributed by atoms with Crippen molar-refractivity contribution in [2.24, 2.45) is 0 Å². The van der Waals surface area contributed by atoms with Gasteiger partial charge in [-0.25, -0.2) is 4.39 Å². The minimum absolute atomic E-state index is 0.198. The van der Waals surface area contributed by atoms with Gasteiger partial charge in [0.25, 0.3) is 5.91 Å². The summed E-state index contributed by atoms with van der Waals surface area (Å²) < 4.78 is 18.2. The summed E-state index contributed by atoms with van der Waals surface area (Å²) in [6.45, 7) is 1.62. The van der Waals surface area contributed by atoms with Gasteiger partial charge in [0.1, 0.15) is 10.7 Å². The normalized spacial score (nSPS) is 10.3. The second kappa shape index (κ2) is 5.41. The van der Waals surface area contributed by atoms with Crippen LogP contribution < -0.4 is 5.32 Å². The molecule has 2 aromatic rings. The summed E-state index contributed by atoms with van der Waals surface area (Å²) >= 11 is 3.01. The molecule has 0 aliphatic heterocycles. The van der Waals surface area contributed by atoms with Gasteiger partial charge in [-0.1, -0.05) is 0 Å². The van der Waals surface area contributed by atoms with E-state index in [2.05, 4.69) is 21.2 Å². The first-order valence-electron chi connectivity index (χ1n) is 5.39. The molecule has 1 N–H and O–H groups in total. The van der Waals surface area contributed by atoms with Crippen LogP contribution in [0.1, 0.15) is 16.1 Å². The van der Waals surface area contributed by atoms with Gasteiger partial charge in [0.15, 0.2) is 5.76 Å². The van der Waals surface area contributed by atoms with Gasteiger partial charge in [-0.15, -0.1) is 0 Å². The number of nitro groups is 1. The molecule has 2 rings (SSSR count). The number of anilines is 1. The van der Waals surface area contributed by atoms with Crippen molar-refractivity contribution in [3.63, 3.8) is 0 Å². The summed E-state index contributed by atoms with van der Waals surface area (Å²) in [5, 5.41) is 13.0. The van der Waals surface area contributed by atoms with E-state index >= 15 is 0 Å². The standard InChI is InChI=1S/C12H8BrFN2O4/c1-6-4-8(14)7(13)5-9(6)15-12(17)10-2-3-11(20-10)16(18)19/h2-5H,1H3,(H,15,17). The van der Waals surface area contributed by atoms with Crippen LogP contribution in [0.15, 0.2) is 33.2 Å². The first-order valence-corrected chi connectivity index (χ1v) is 6.19. The maximum absolute atomic E-state index is 13.3. The second-order valence-electron chi connectivity index (χ2n) is 3.93. The van der Waals surface area contributed by atoms with Gasteiger partial charge in [-0.2, -0.15) is 0 Å². The van der Waals surface area contributed by atoms with Crippen LogP contribution >= 0.6 is 15.9 Å². The molecule has 0 saturated heterocycles. The van der Waals surface area contributed by atoms with Crippen LogP contribution in [-0.4, -0.2) is 10.8 Å². The summed E-state index contributed by atoms with van der Waals surface area (Å²) in [5.74, 6) is -1.82. The number of aryl methyl sites for hydroxylation is 1. The summed E-state index contributed by atoms with van der Waals surface area (Å²) in [6, 6.07) is 4.94. The van der Waals surface area contributed by atoms with Crippen molar-refractivity contribution < 1.29 is 18.5 Å². The number of carbonyl (C=O) groups is 1. The maximum atomic E-state index is 13.3. The molecule has 1 aromatic heterocycles. The van der Waals surface area contributed by atoms with Crippen LogP contribution in [0.5, 0.6) is 0 Å². The van der Waals surface area contributed by atoms with Crippen molar-refractivity contribution in [1.29, 1.82) is 0 Å². The fraction of sp³-hybridized carbons (Fsp3) is 0.0833. The van der Waals surface area contributed by atoms with Crippen LogP contribution in [0.2, 0.25) is 0 Å². The minimum atomic E-state index is -0.740. The predicted octanol–water partition coefficient (Wildman–Crippen LogP) is 3.65. The number of rotatable bonds is 3. The van der Waals surface area contributed by atoms with Crippen molar-refractivity contribution in [3.05, 3.63) is 56.0 Å². The highest BCUT2D eigenvalue weighted by Crippen LogP contribution is 2.25. The van der Waals surface area contributed by atoms with E-state index in [1.54, 1.807) is 6.92 Å². The SMILES string of the molecule is Cc1cc(F)c(Br)cc1NC(=O)c1ccc([N+](=O)[O-])o1. The number of benzene rings is 1. The van der Waals surface area contributed by atoms with E-state index in [4.69, 9.17) is 4.42 Å². The molecule has 0 aliphatic rings. The predicted molar refractivity (Wildman–Crippen MR) is 72.2 cm³/mol. The quantitative estimate of drug-likeness (QED) is 0.681. The third-order valence-corrected chi connectivity index (χ3v) is 3.12. The molecule has 1 heterocycles. The lowest BCUT2D eigenvalue weighted by Gasteiger charge is -2.08. The van der Waals surface area contributed by atoms with Crippen molar-refractivity contribution in [2.75, 3.05) is 5.32 Å². The summed E-state index contributed by atoms with van der Waals surface area (Å²) in [6.07, 6.45) is 0. The number of nitrogens with zero attached hydrogens (tertiary/aromatic N) is 1. The molecular weight excluding hydrogens is 335 g/mol. The van der Waals surface area contributed by atoms with Gasteiger partial charge in [0.05, 0.1) is 10.5 Å². The van der Waals surface area contributed by atoms with E-state index < -0.39 is 22.5 Å². The Labute approximate surface area is 120 Å². The first-order chi connectivity index (χ1) is 9.38. The molecule has 0 bridgehead atoms. The Morgan fingerprint density at radius 3 is 2.75 bits per heavy atom. The Morgan fingerprint density at radius 1 is 1.45 bits per heavy atom. The number of nitrogens with one attached hydrogen (secondary N) is 1. The van der Waals surface area contributed by atoms with E-state index in [0.717, 1.165) is 6.07 Å². The topological polar surface area (TPSA) is 85.4 Å². The van der Waals surface area contributed by atoms with Gasteiger partial charge in [-0.05, 0) is 46.6 Å². The largest absolute Gasteiger partial charge is 0.433 e. The Bertz CT molecular complexity index is 699. The fourth-order valence-electron chi connectivity index (χ4n) is 1.51. The average molecular weight is 343 g/mol. The van der Waals surface area contributed by atoms with Crippen LogP contribution in [0.4, 0.5) is 16.0 Å². The van der Waals surface area contributed by atoms with E-state index in [1.165, 1.54) is 18.2 Å². The van der Waals surface area contributed by atoms with Gasteiger partial charge in [0.2, 0.25) is 0 Å². The molecule has 6 nitrogen and oxygen atoms in total. The molecule has 104 valence electrons. The zero-order chi connectivity index (χ0) is 14.9. The number of hydrogen-bond donors (Lipinski definition) is 1. The molecule has 0 aliphatic carbocycles. The molecular formula is C12H8BrFN2O4. The molecule has 0 saturated carbocycles. The van der Waals surface area contributed by atoms with Gasteiger partial charge in [0, 0.05) is 5.69 Å². The molecule has 0 spiro atoms. The van der Waals surface area contributed by atoms with Crippen LogP contribution in [0.3, 0.4) is 0 Å². The molecule has 0 atom stereocenters. The Balaban J connectivity index is 2.23. The molecule has 1 aromatic carbocycles. The summed E-state index contributed by atoms with van der Waals surface area (Å²) in [7, 11) is 0. The first kappa shape index (κ1) is 14.2. The second-order valence-corrected chi connectivity index (χ2v) is 4.78. The summed E-state index contributed by atoms with van der Waals surface area (Å²) in [4.78, 5) is 21.6. The number of halogens is 2. The lowest BCUT2D eigenvalue weighted by Crippen LogP contribution is -2.12. The molecule has 1 amide bonds. The van der Waals surface area contributed by atoms with Gasteiger partial charge >= 0.3 is 5.88 Å². The maximum Gasteiger partial charge on any atom is 0.433 e. The van der Waals surface area contributed by atoms with Crippen LogP contribution in [0.25, 0.3) is 0 Å². The number of furan rings is 1. The monoisotopic (exact) mass is 342 g/mol. The minimum Gasteiger partial charge on any atom is -0.395 e. The zero-order valence-corrected chi connectivity index (χ0v) is 11.7. The van der Waals surface area contributed by atoms with Gasteiger partial charge in [-0.3, -0.25) is 14.9 Å². The highest BCUT2D eigenvalue weighted by molar-refractivity contribution is 9.10. The fourth-order valence-corrected chi connectivity index (χ4v) is 1.86. The third-order valence-electron chi connectivity index (χ3n) is 2.51. The molecule has 0 unspecified atom stereocenters. The number of carbonyl (C=O) groups excluding carboxylic acids is 1. The van der Waals surface area contributed by atoms with Crippen LogP contribution in [-0.2, 0) is 0 Å². The lowest BCUT2D eigenvalue weighted by atomic mass is 10.2. The van der Waals surface area contributed by atoms with Crippen molar-refractivity contribution in [3.8, 4) is 0 Å². The van der Waals surface area contributed by atoms with Crippen LogP contribution in [0, 0.1) is 22.9 Å². The lowest BCUT2D eigenvalue weighted by molar-refractivity contribution is -0.402. The van der Waals surface area contributed by atoms with Crippen molar-refractivity contribution >= 4 is 33.4 Å². The van der Waals surface area contributed by atoms with E-state index in [1.807, 2.05) is 0 Å². The highest BCUT2D eigenvalue weighted by Gasteiger charge is 2.18. The number of hydrogen-bond acceptors (Lipinski definition) is 4. The zero-order valence-electron chi connectivity index (χ0n) is 10.1. The smallest absolute Gasteiger partial charge is 0.395 e. The molecule has 0 fully saturated rings.